The van der Waals surface area contributed by atoms with E-state index in [1.54, 1.807) is 0 Å². The molecule has 0 bridgehead atoms. The van der Waals surface area contributed by atoms with Crippen molar-refractivity contribution in [3.8, 4) is 6.07 Å². The fourth-order valence-electron chi connectivity index (χ4n) is 1.30. The van der Waals surface area contributed by atoms with E-state index in [4.69, 9.17) is 11.0 Å². The predicted molar refractivity (Wildman–Crippen MR) is 47.9 cm³/mol. The van der Waals surface area contributed by atoms with E-state index in [0.717, 1.165) is 12.8 Å². The third-order valence-electron chi connectivity index (χ3n) is 2.21. The van der Waals surface area contributed by atoms with E-state index in [9.17, 15) is 8.42 Å². The molecule has 0 aromatic carbocycles. The van der Waals surface area contributed by atoms with Gasteiger partial charge < -0.3 is 5.73 Å². The van der Waals surface area contributed by atoms with Crippen molar-refractivity contribution < 1.29 is 8.42 Å². The van der Waals surface area contributed by atoms with Crippen LogP contribution in [0.3, 0.4) is 0 Å². The van der Waals surface area contributed by atoms with Gasteiger partial charge in [-0.1, -0.05) is 0 Å². The summed E-state index contributed by atoms with van der Waals surface area (Å²) in [6, 6.07) is 2.01. The molecule has 0 aromatic heterocycles. The lowest BCUT2D eigenvalue weighted by molar-refractivity contribution is 0.538. The van der Waals surface area contributed by atoms with Crippen molar-refractivity contribution in [2.24, 2.45) is 11.1 Å². The molecule has 6 heteroatoms. The van der Waals surface area contributed by atoms with Crippen LogP contribution >= 0.6 is 0 Å². The molecule has 0 amide bonds. The van der Waals surface area contributed by atoms with E-state index in [0.29, 0.717) is 6.42 Å². The molecule has 5 nitrogen and oxygen atoms in total. The number of nitrogens with one attached hydrogen (secondary N) is 1. The molecule has 74 valence electrons. The summed E-state index contributed by atoms with van der Waals surface area (Å²) in [7, 11) is -3.28. The van der Waals surface area contributed by atoms with Gasteiger partial charge in [0.1, 0.15) is 0 Å². The van der Waals surface area contributed by atoms with Crippen LogP contribution in [0, 0.1) is 16.7 Å². The first kappa shape index (κ1) is 10.4. The van der Waals surface area contributed by atoms with E-state index >= 15 is 0 Å². The van der Waals surface area contributed by atoms with Gasteiger partial charge in [-0.2, -0.15) is 5.26 Å². The summed E-state index contributed by atoms with van der Waals surface area (Å²) in [5.41, 5.74) is 4.79. The molecule has 0 spiro atoms. The minimum absolute atomic E-state index is 0.0325. The molecule has 0 saturated heterocycles. The Morgan fingerprint density at radius 3 is 2.54 bits per heavy atom. The first-order valence-electron chi connectivity index (χ1n) is 4.08. The van der Waals surface area contributed by atoms with Crippen molar-refractivity contribution in [3.05, 3.63) is 0 Å². The Hall–Kier alpha value is -0.640. The van der Waals surface area contributed by atoms with Crippen LogP contribution in [-0.4, -0.2) is 20.8 Å². The number of sulfonamides is 1. The van der Waals surface area contributed by atoms with E-state index in [-0.39, 0.29) is 17.8 Å². The smallest absolute Gasteiger partial charge is 0.213 e. The van der Waals surface area contributed by atoms with E-state index in [2.05, 4.69) is 4.72 Å². The lowest BCUT2D eigenvalue weighted by Gasteiger charge is -2.10. The molecular weight excluding hydrogens is 190 g/mol. The van der Waals surface area contributed by atoms with E-state index in [1.165, 1.54) is 0 Å². The van der Waals surface area contributed by atoms with Gasteiger partial charge >= 0.3 is 0 Å². The lowest BCUT2D eigenvalue weighted by atomic mass is 10.1. The highest BCUT2D eigenvalue weighted by atomic mass is 32.2. The van der Waals surface area contributed by atoms with Crippen LogP contribution in [-0.2, 0) is 10.0 Å². The molecule has 0 atom stereocenters. The van der Waals surface area contributed by atoms with Crippen molar-refractivity contribution in [1.82, 2.24) is 4.72 Å². The van der Waals surface area contributed by atoms with Crippen molar-refractivity contribution >= 4 is 10.0 Å². The summed E-state index contributed by atoms with van der Waals surface area (Å²) in [4.78, 5) is 0. The summed E-state index contributed by atoms with van der Waals surface area (Å²) in [5, 5.41) is 8.48. The molecule has 13 heavy (non-hydrogen) atoms. The predicted octanol–water partition coefficient (Wildman–Crippen LogP) is -0.484. The SMILES string of the molecule is N#CCC1(CS(=O)(=O)NCN)CC1. The zero-order valence-corrected chi connectivity index (χ0v) is 8.10. The van der Waals surface area contributed by atoms with Crippen molar-refractivity contribution in [2.75, 3.05) is 12.4 Å². The number of nitrogens with zero attached hydrogens (tertiary/aromatic N) is 1. The second-order valence-electron chi connectivity index (χ2n) is 3.44. The second-order valence-corrected chi connectivity index (χ2v) is 5.25. The van der Waals surface area contributed by atoms with Gasteiger partial charge in [0.2, 0.25) is 10.0 Å². The normalized spacial score (nSPS) is 19.4. The van der Waals surface area contributed by atoms with Crippen molar-refractivity contribution in [1.29, 1.82) is 5.26 Å². The van der Waals surface area contributed by atoms with Crippen LogP contribution in [0.2, 0.25) is 0 Å². The fourth-order valence-corrected chi connectivity index (χ4v) is 2.85. The van der Waals surface area contributed by atoms with Crippen molar-refractivity contribution in [3.63, 3.8) is 0 Å². The Kier molecular flexibility index (Phi) is 2.91. The van der Waals surface area contributed by atoms with Crippen LogP contribution in [0.25, 0.3) is 0 Å². The van der Waals surface area contributed by atoms with Gasteiger partial charge in [0.25, 0.3) is 0 Å². The van der Waals surface area contributed by atoms with Gasteiger partial charge in [-0.25, -0.2) is 13.1 Å². The van der Waals surface area contributed by atoms with E-state index in [1.807, 2.05) is 6.07 Å². The maximum atomic E-state index is 11.3. The van der Waals surface area contributed by atoms with Crippen LogP contribution in [0.15, 0.2) is 0 Å². The standard InChI is InChI=1S/C7H13N3O2S/c8-4-3-7(1-2-7)5-13(11,12)10-6-9/h10H,1-3,5-6,9H2. The minimum Gasteiger partial charge on any atom is -0.318 e. The minimum atomic E-state index is -3.28. The van der Waals surface area contributed by atoms with Crippen LogP contribution < -0.4 is 10.5 Å². The first-order valence-corrected chi connectivity index (χ1v) is 5.73. The fraction of sp³-hybridized carbons (Fsp3) is 0.857. The molecule has 0 heterocycles. The van der Waals surface area contributed by atoms with Gasteiger partial charge in [-0.05, 0) is 18.3 Å². The maximum Gasteiger partial charge on any atom is 0.213 e. The Labute approximate surface area is 78.0 Å². The largest absolute Gasteiger partial charge is 0.318 e. The molecule has 1 aliphatic carbocycles. The monoisotopic (exact) mass is 203 g/mol. The average molecular weight is 203 g/mol. The molecule has 3 N–H and O–H groups in total. The molecular formula is C7H13N3O2S. The number of nitriles is 1. The van der Waals surface area contributed by atoms with Gasteiger partial charge in [-0.15, -0.1) is 0 Å². The van der Waals surface area contributed by atoms with Crippen LogP contribution in [0.5, 0.6) is 0 Å². The molecule has 1 rings (SSSR count). The Bertz CT molecular complexity index is 313. The highest BCUT2D eigenvalue weighted by Gasteiger charge is 2.45. The second kappa shape index (κ2) is 3.62. The zero-order valence-electron chi connectivity index (χ0n) is 7.28. The van der Waals surface area contributed by atoms with Gasteiger partial charge in [0.15, 0.2) is 0 Å². The average Bonchev–Trinajstić information content (AvgIpc) is 2.68. The summed E-state index contributed by atoms with van der Waals surface area (Å²) in [6.45, 7) is -0.0784. The molecule has 0 radical (unpaired) electrons. The maximum absolute atomic E-state index is 11.3. The highest BCUT2D eigenvalue weighted by Crippen LogP contribution is 2.49. The third-order valence-corrected chi connectivity index (χ3v) is 3.81. The molecule has 1 fully saturated rings. The Balaban J connectivity index is 2.54. The number of hydrogen-bond acceptors (Lipinski definition) is 4. The Morgan fingerprint density at radius 2 is 2.15 bits per heavy atom. The number of hydrogen-bond donors (Lipinski definition) is 2. The zero-order chi connectivity index (χ0) is 9.95. The Morgan fingerprint density at radius 1 is 1.54 bits per heavy atom. The number of nitrogens with two attached hydrogens (primary N) is 1. The number of rotatable bonds is 5. The first-order chi connectivity index (χ1) is 6.04. The topological polar surface area (TPSA) is 96.0 Å². The molecule has 1 saturated carbocycles. The van der Waals surface area contributed by atoms with Gasteiger partial charge in [-0.3, -0.25) is 0 Å². The van der Waals surface area contributed by atoms with Crippen molar-refractivity contribution in [2.45, 2.75) is 19.3 Å². The van der Waals surface area contributed by atoms with Crippen LogP contribution in [0.4, 0.5) is 0 Å². The van der Waals surface area contributed by atoms with Gasteiger partial charge in [0, 0.05) is 6.42 Å². The summed E-state index contributed by atoms with van der Waals surface area (Å²) in [5.74, 6) is 0.0325. The third kappa shape index (κ3) is 2.95. The molecule has 1 aliphatic rings. The molecule has 0 unspecified atom stereocenters. The lowest BCUT2D eigenvalue weighted by Crippen LogP contribution is -2.34. The molecule has 0 aliphatic heterocycles. The summed E-state index contributed by atoms with van der Waals surface area (Å²) in [6.07, 6.45) is 1.97. The molecule has 0 aromatic rings. The van der Waals surface area contributed by atoms with Crippen LogP contribution in [0.1, 0.15) is 19.3 Å². The summed E-state index contributed by atoms with van der Waals surface area (Å²) >= 11 is 0. The van der Waals surface area contributed by atoms with Gasteiger partial charge in [0.05, 0.1) is 18.5 Å². The summed E-state index contributed by atoms with van der Waals surface area (Å²) < 4.78 is 24.7. The van der Waals surface area contributed by atoms with E-state index < -0.39 is 10.0 Å². The quantitative estimate of drug-likeness (QED) is 0.589. The highest BCUT2D eigenvalue weighted by molar-refractivity contribution is 7.89.